The van der Waals surface area contributed by atoms with Gasteiger partial charge in [-0.25, -0.2) is 4.98 Å². The van der Waals surface area contributed by atoms with Crippen LogP contribution in [-0.4, -0.2) is 27.6 Å². The van der Waals surface area contributed by atoms with E-state index >= 15 is 0 Å². The van der Waals surface area contributed by atoms with E-state index in [4.69, 9.17) is 5.11 Å². The molecule has 0 aliphatic rings. The summed E-state index contributed by atoms with van der Waals surface area (Å²) in [6.45, 7) is 3.82. The summed E-state index contributed by atoms with van der Waals surface area (Å²) in [5.41, 5.74) is 1.05. The van der Waals surface area contributed by atoms with Crippen molar-refractivity contribution in [2.45, 2.75) is 13.5 Å². The van der Waals surface area contributed by atoms with Crippen LogP contribution in [0.3, 0.4) is 0 Å². The van der Waals surface area contributed by atoms with Crippen molar-refractivity contribution in [2.75, 3.05) is 13.2 Å². The highest BCUT2D eigenvalue weighted by Gasteiger charge is 2.03. The maximum absolute atomic E-state index is 8.86. The van der Waals surface area contributed by atoms with Gasteiger partial charge in [-0.05, 0) is 5.92 Å². The lowest BCUT2D eigenvalue weighted by molar-refractivity contribution is 0.233. The Hall–Kier alpha value is -0.910. The van der Waals surface area contributed by atoms with Gasteiger partial charge in [0.25, 0.3) is 0 Å². The van der Waals surface area contributed by atoms with Crippen LogP contribution in [-0.2, 0) is 6.54 Å². The van der Waals surface area contributed by atoms with Gasteiger partial charge in [0.1, 0.15) is 0 Å². The highest BCUT2D eigenvalue weighted by atomic mass is 32.1. The molecule has 0 spiro atoms. The predicted molar refractivity (Wildman–Crippen MR) is 61.0 cm³/mol. The molecule has 0 aliphatic carbocycles. The maximum Gasteiger partial charge on any atom is 0.193 e. The Morgan fingerprint density at radius 2 is 2.53 bits per heavy atom. The Balaban J connectivity index is 1.87. The van der Waals surface area contributed by atoms with Crippen molar-refractivity contribution in [2.24, 2.45) is 5.92 Å². The van der Waals surface area contributed by atoms with Gasteiger partial charge in [0.15, 0.2) is 4.96 Å². The Morgan fingerprint density at radius 3 is 3.27 bits per heavy atom. The molecule has 1 unspecified atom stereocenters. The molecule has 2 N–H and O–H groups in total. The van der Waals surface area contributed by atoms with Gasteiger partial charge in [0.2, 0.25) is 0 Å². The zero-order valence-electron chi connectivity index (χ0n) is 8.68. The Kier molecular flexibility index (Phi) is 3.35. The van der Waals surface area contributed by atoms with Crippen molar-refractivity contribution in [3.05, 3.63) is 23.5 Å². The van der Waals surface area contributed by atoms with E-state index < -0.39 is 0 Å². The second kappa shape index (κ2) is 4.74. The fourth-order valence-corrected chi connectivity index (χ4v) is 2.09. The number of imidazole rings is 1. The van der Waals surface area contributed by atoms with Crippen molar-refractivity contribution in [3.63, 3.8) is 0 Å². The first kappa shape index (κ1) is 10.6. The van der Waals surface area contributed by atoms with E-state index in [0.717, 1.165) is 23.7 Å². The minimum absolute atomic E-state index is 0.227. The molecular formula is C10H15N3OS. The van der Waals surface area contributed by atoms with E-state index in [1.807, 2.05) is 29.1 Å². The number of fused-ring (bicyclic) bond motifs is 1. The Bertz CT molecular complexity index is 394. The third kappa shape index (κ3) is 2.56. The fraction of sp³-hybridized carbons (Fsp3) is 0.500. The second-order valence-corrected chi connectivity index (χ2v) is 4.62. The van der Waals surface area contributed by atoms with Crippen LogP contribution < -0.4 is 5.32 Å². The van der Waals surface area contributed by atoms with Gasteiger partial charge in [-0.15, -0.1) is 11.3 Å². The molecule has 0 radical (unpaired) electrons. The third-order valence-corrected chi connectivity index (χ3v) is 3.02. The van der Waals surface area contributed by atoms with Gasteiger partial charge in [-0.3, -0.25) is 4.40 Å². The van der Waals surface area contributed by atoms with E-state index in [-0.39, 0.29) is 6.61 Å². The third-order valence-electron chi connectivity index (χ3n) is 2.25. The standard InChI is InChI=1S/C10H15N3OS/c1-8(7-14)4-11-5-9-6-13-2-3-15-10(13)12-9/h2-3,6,8,11,14H,4-5,7H2,1H3. The van der Waals surface area contributed by atoms with Crippen LogP contribution >= 0.6 is 11.3 Å². The molecule has 2 aromatic heterocycles. The quantitative estimate of drug-likeness (QED) is 0.801. The molecule has 2 rings (SSSR count). The fourth-order valence-electron chi connectivity index (χ4n) is 1.37. The van der Waals surface area contributed by atoms with E-state index in [2.05, 4.69) is 10.3 Å². The summed E-state index contributed by atoms with van der Waals surface area (Å²) < 4.78 is 2.02. The van der Waals surface area contributed by atoms with Crippen LogP contribution in [0, 0.1) is 5.92 Å². The Morgan fingerprint density at radius 1 is 1.67 bits per heavy atom. The van der Waals surface area contributed by atoms with Gasteiger partial charge < -0.3 is 10.4 Å². The molecule has 5 heteroatoms. The summed E-state index contributed by atoms with van der Waals surface area (Å²) in [4.78, 5) is 5.48. The molecule has 0 aromatic carbocycles. The summed E-state index contributed by atoms with van der Waals surface area (Å²) in [6.07, 6.45) is 4.04. The zero-order valence-corrected chi connectivity index (χ0v) is 9.50. The summed E-state index contributed by atoms with van der Waals surface area (Å²) in [5.74, 6) is 0.300. The van der Waals surface area contributed by atoms with Crippen LogP contribution in [0.15, 0.2) is 17.8 Å². The molecule has 0 saturated carbocycles. The van der Waals surface area contributed by atoms with E-state index in [0.29, 0.717) is 5.92 Å². The summed E-state index contributed by atoms with van der Waals surface area (Å²) in [7, 11) is 0. The van der Waals surface area contributed by atoms with Crippen molar-refractivity contribution in [3.8, 4) is 0 Å². The van der Waals surface area contributed by atoms with E-state index in [1.165, 1.54) is 0 Å². The largest absolute Gasteiger partial charge is 0.396 e. The lowest BCUT2D eigenvalue weighted by Gasteiger charge is -2.07. The highest BCUT2D eigenvalue weighted by molar-refractivity contribution is 7.15. The number of aliphatic hydroxyl groups is 1. The summed E-state index contributed by atoms with van der Waals surface area (Å²) in [6, 6.07) is 0. The smallest absolute Gasteiger partial charge is 0.193 e. The minimum Gasteiger partial charge on any atom is -0.396 e. The number of thiazole rings is 1. The molecule has 0 bridgehead atoms. The molecule has 0 amide bonds. The molecule has 0 fully saturated rings. The molecule has 82 valence electrons. The number of hydrogen-bond donors (Lipinski definition) is 2. The first-order valence-electron chi connectivity index (χ1n) is 5.02. The first-order chi connectivity index (χ1) is 7.29. The molecule has 1 atom stereocenters. The highest BCUT2D eigenvalue weighted by Crippen LogP contribution is 2.10. The molecule has 15 heavy (non-hydrogen) atoms. The van der Waals surface area contributed by atoms with Crippen LogP contribution in [0.1, 0.15) is 12.6 Å². The number of rotatable bonds is 5. The van der Waals surface area contributed by atoms with Crippen molar-refractivity contribution in [1.29, 1.82) is 0 Å². The van der Waals surface area contributed by atoms with Gasteiger partial charge in [-0.2, -0.15) is 0 Å². The molecule has 0 saturated heterocycles. The number of nitrogens with one attached hydrogen (secondary N) is 1. The first-order valence-corrected chi connectivity index (χ1v) is 5.90. The monoisotopic (exact) mass is 225 g/mol. The predicted octanol–water partition coefficient (Wildman–Crippen LogP) is 1.11. The van der Waals surface area contributed by atoms with E-state index in [1.54, 1.807) is 11.3 Å². The normalized spacial score (nSPS) is 13.5. The topological polar surface area (TPSA) is 49.6 Å². The average molecular weight is 225 g/mol. The molecule has 2 heterocycles. The van der Waals surface area contributed by atoms with Crippen LogP contribution in [0.2, 0.25) is 0 Å². The number of hydrogen-bond acceptors (Lipinski definition) is 4. The van der Waals surface area contributed by atoms with Gasteiger partial charge in [-0.1, -0.05) is 6.92 Å². The second-order valence-electron chi connectivity index (χ2n) is 3.74. The lowest BCUT2D eigenvalue weighted by Crippen LogP contribution is -2.22. The van der Waals surface area contributed by atoms with Crippen LogP contribution in [0.25, 0.3) is 4.96 Å². The average Bonchev–Trinajstić information content (AvgIpc) is 2.77. The molecule has 2 aromatic rings. The Labute approximate surface area is 92.6 Å². The number of aromatic nitrogens is 2. The van der Waals surface area contributed by atoms with Gasteiger partial charge in [0, 0.05) is 37.5 Å². The summed E-state index contributed by atoms with van der Waals surface area (Å²) >= 11 is 1.64. The number of aliphatic hydroxyl groups excluding tert-OH is 1. The summed E-state index contributed by atoms with van der Waals surface area (Å²) in [5, 5.41) is 14.1. The van der Waals surface area contributed by atoms with Gasteiger partial charge in [0.05, 0.1) is 5.69 Å². The zero-order chi connectivity index (χ0) is 10.7. The number of nitrogens with zero attached hydrogens (tertiary/aromatic N) is 2. The van der Waals surface area contributed by atoms with Crippen molar-refractivity contribution < 1.29 is 5.11 Å². The lowest BCUT2D eigenvalue weighted by atomic mass is 10.2. The van der Waals surface area contributed by atoms with E-state index in [9.17, 15) is 0 Å². The molecule has 0 aliphatic heterocycles. The van der Waals surface area contributed by atoms with Crippen LogP contribution in [0.4, 0.5) is 0 Å². The molecule has 4 nitrogen and oxygen atoms in total. The van der Waals surface area contributed by atoms with Crippen molar-refractivity contribution in [1.82, 2.24) is 14.7 Å². The molecular weight excluding hydrogens is 210 g/mol. The SMILES string of the molecule is CC(CO)CNCc1cn2ccsc2n1. The maximum atomic E-state index is 8.86. The van der Waals surface area contributed by atoms with Gasteiger partial charge >= 0.3 is 0 Å². The minimum atomic E-state index is 0.227. The van der Waals surface area contributed by atoms with Crippen molar-refractivity contribution >= 4 is 16.3 Å². The van der Waals surface area contributed by atoms with Crippen LogP contribution in [0.5, 0.6) is 0 Å².